The average molecular weight is 395 g/mol. The molecule has 10 heteroatoms. The quantitative estimate of drug-likeness (QED) is 0.730. The van der Waals surface area contributed by atoms with Crippen molar-refractivity contribution in [2.75, 3.05) is 11.6 Å². The van der Waals surface area contributed by atoms with Crippen LogP contribution in [-0.2, 0) is 9.84 Å². The highest BCUT2D eigenvalue weighted by Crippen LogP contribution is 2.43. The molecule has 4 rings (SSSR count). The van der Waals surface area contributed by atoms with Crippen LogP contribution in [0, 0.1) is 0 Å². The smallest absolute Gasteiger partial charge is 0.451 e. The Kier molecular flexibility index (Phi) is 3.63. The number of furan rings is 1. The lowest BCUT2D eigenvalue weighted by Crippen LogP contribution is -2.25. The number of para-hydroxylation sites is 1. The molecule has 0 radical (unpaired) electrons. The summed E-state index contributed by atoms with van der Waals surface area (Å²) in [4.78, 5) is 12.4. The highest BCUT2D eigenvalue weighted by Gasteiger charge is 2.43. The summed E-state index contributed by atoms with van der Waals surface area (Å²) < 4.78 is 63.9. The Balaban J connectivity index is 1.66. The normalized spacial score (nSPS) is 15.1. The largest absolute Gasteiger partial charge is 0.586 e. The van der Waals surface area contributed by atoms with Gasteiger partial charge in [0.2, 0.25) is 0 Å². The van der Waals surface area contributed by atoms with E-state index < -0.39 is 22.0 Å². The van der Waals surface area contributed by atoms with E-state index in [0.29, 0.717) is 5.39 Å². The Labute approximate surface area is 151 Å². The van der Waals surface area contributed by atoms with Crippen molar-refractivity contribution in [2.24, 2.45) is 0 Å². The third-order valence-electron chi connectivity index (χ3n) is 3.80. The van der Waals surface area contributed by atoms with Crippen LogP contribution >= 0.6 is 0 Å². The Morgan fingerprint density at radius 3 is 2.44 bits per heavy atom. The van der Waals surface area contributed by atoms with Crippen molar-refractivity contribution >= 4 is 32.4 Å². The minimum atomic E-state index is -3.75. The molecule has 140 valence electrons. The zero-order valence-corrected chi connectivity index (χ0v) is 14.5. The Hall–Kier alpha value is -3.14. The number of anilines is 1. The van der Waals surface area contributed by atoms with Gasteiger partial charge in [0.15, 0.2) is 27.1 Å². The number of alkyl halides is 2. The molecule has 0 aliphatic carbocycles. The lowest BCUT2D eigenvalue weighted by molar-refractivity contribution is -0.286. The van der Waals surface area contributed by atoms with Crippen LogP contribution in [-0.4, -0.2) is 26.9 Å². The number of halogens is 2. The van der Waals surface area contributed by atoms with Crippen LogP contribution in [0.5, 0.6) is 11.5 Å². The Bertz CT molecular complexity index is 1140. The maximum Gasteiger partial charge on any atom is 0.586 e. The van der Waals surface area contributed by atoms with Crippen LogP contribution in [0.25, 0.3) is 11.0 Å². The van der Waals surface area contributed by atoms with Crippen molar-refractivity contribution in [2.45, 2.75) is 11.2 Å². The Morgan fingerprint density at radius 1 is 1.07 bits per heavy atom. The average Bonchev–Trinajstić information content (AvgIpc) is 3.09. The first-order chi connectivity index (χ1) is 12.6. The summed E-state index contributed by atoms with van der Waals surface area (Å²) >= 11 is 0. The lowest BCUT2D eigenvalue weighted by Gasteiger charge is -2.08. The summed E-state index contributed by atoms with van der Waals surface area (Å²) in [7, 11) is -3.55. The van der Waals surface area contributed by atoms with Crippen molar-refractivity contribution in [3.8, 4) is 11.5 Å². The van der Waals surface area contributed by atoms with Crippen molar-refractivity contribution in [3.05, 3.63) is 48.2 Å². The zero-order valence-electron chi connectivity index (χ0n) is 13.7. The molecule has 3 aromatic rings. The summed E-state index contributed by atoms with van der Waals surface area (Å²) in [5, 5.41) is 2.81. The van der Waals surface area contributed by atoms with E-state index in [-0.39, 0.29) is 33.4 Å². The van der Waals surface area contributed by atoms with Gasteiger partial charge >= 0.3 is 6.29 Å². The molecule has 1 aliphatic rings. The molecule has 0 saturated heterocycles. The van der Waals surface area contributed by atoms with Crippen molar-refractivity contribution in [3.63, 3.8) is 0 Å². The molecule has 1 N–H and O–H groups in total. The Morgan fingerprint density at radius 2 is 1.74 bits per heavy atom. The monoisotopic (exact) mass is 395 g/mol. The number of hydrogen-bond donors (Lipinski definition) is 1. The zero-order chi connectivity index (χ0) is 19.4. The number of nitrogens with one attached hydrogen (secondary N) is 1. The summed E-state index contributed by atoms with van der Waals surface area (Å²) in [5.41, 5.74) is 0.232. The number of carbonyl (C=O) groups excluding carboxylic acids is 1. The van der Waals surface area contributed by atoms with E-state index in [0.717, 1.165) is 6.26 Å². The van der Waals surface area contributed by atoms with E-state index in [1.54, 1.807) is 6.07 Å². The van der Waals surface area contributed by atoms with Gasteiger partial charge in [0.05, 0.1) is 10.6 Å². The lowest BCUT2D eigenvalue weighted by atomic mass is 10.2. The van der Waals surface area contributed by atoms with Crippen molar-refractivity contribution < 1.29 is 35.9 Å². The molecule has 0 spiro atoms. The second-order valence-corrected chi connectivity index (χ2v) is 7.82. The van der Waals surface area contributed by atoms with Crippen LogP contribution in [0.3, 0.4) is 0 Å². The summed E-state index contributed by atoms with van der Waals surface area (Å²) in [6, 6.07) is 9.68. The molecule has 0 unspecified atom stereocenters. The minimum absolute atomic E-state index is 0.0440. The fraction of sp³-hybridized carbons (Fsp3) is 0.118. The molecule has 2 heterocycles. The van der Waals surface area contributed by atoms with Gasteiger partial charge in [0, 0.05) is 17.7 Å². The maximum atomic E-state index is 13.1. The first kappa shape index (κ1) is 17.3. The molecule has 1 aliphatic heterocycles. The first-order valence-electron chi connectivity index (χ1n) is 7.56. The predicted molar refractivity (Wildman–Crippen MR) is 89.9 cm³/mol. The van der Waals surface area contributed by atoms with Gasteiger partial charge in [-0.25, -0.2) is 8.42 Å². The molecule has 27 heavy (non-hydrogen) atoms. The van der Waals surface area contributed by atoms with E-state index >= 15 is 0 Å². The van der Waals surface area contributed by atoms with E-state index in [1.165, 1.54) is 36.4 Å². The van der Waals surface area contributed by atoms with Gasteiger partial charge in [-0.3, -0.25) is 4.79 Å². The van der Waals surface area contributed by atoms with Gasteiger partial charge in [-0.2, -0.15) is 0 Å². The number of sulfone groups is 1. The molecular weight excluding hydrogens is 384 g/mol. The van der Waals surface area contributed by atoms with Gasteiger partial charge < -0.3 is 19.2 Å². The fourth-order valence-electron chi connectivity index (χ4n) is 2.67. The van der Waals surface area contributed by atoms with Crippen LogP contribution in [0.4, 0.5) is 14.5 Å². The van der Waals surface area contributed by atoms with E-state index in [4.69, 9.17) is 4.42 Å². The highest BCUT2D eigenvalue weighted by atomic mass is 32.2. The third kappa shape index (κ3) is 3.19. The van der Waals surface area contributed by atoms with Crippen LogP contribution in [0.2, 0.25) is 0 Å². The topological polar surface area (TPSA) is 94.8 Å². The van der Waals surface area contributed by atoms with Gasteiger partial charge in [0.1, 0.15) is 5.58 Å². The number of benzene rings is 2. The second-order valence-electron chi connectivity index (χ2n) is 5.84. The highest BCUT2D eigenvalue weighted by molar-refractivity contribution is 7.90. The molecule has 0 bridgehead atoms. The summed E-state index contributed by atoms with van der Waals surface area (Å²) in [6.07, 6.45) is -2.73. The second kappa shape index (κ2) is 5.68. The molecule has 7 nitrogen and oxygen atoms in total. The van der Waals surface area contributed by atoms with Gasteiger partial charge in [-0.1, -0.05) is 12.1 Å². The van der Waals surface area contributed by atoms with E-state index in [2.05, 4.69) is 14.8 Å². The van der Waals surface area contributed by atoms with Crippen LogP contribution < -0.4 is 14.8 Å². The van der Waals surface area contributed by atoms with Crippen LogP contribution in [0.1, 0.15) is 10.6 Å². The van der Waals surface area contributed by atoms with Crippen molar-refractivity contribution in [1.82, 2.24) is 0 Å². The molecule has 1 amide bonds. The van der Waals surface area contributed by atoms with Gasteiger partial charge in [-0.15, -0.1) is 8.78 Å². The molecule has 2 aromatic carbocycles. The summed E-state index contributed by atoms with van der Waals surface area (Å²) in [5.74, 6) is -1.22. The molecule has 0 fully saturated rings. The molecular formula is C17H11F2NO6S. The van der Waals surface area contributed by atoms with Gasteiger partial charge in [-0.05, 0) is 24.3 Å². The van der Waals surface area contributed by atoms with Crippen molar-refractivity contribution in [1.29, 1.82) is 0 Å². The molecule has 0 saturated carbocycles. The maximum absolute atomic E-state index is 13.1. The number of ether oxygens (including phenoxy) is 2. The van der Waals surface area contributed by atoms with E-state index in [9.17, 15) is 22.0 Å². The predicted octanol–water partition coefficient (Wildman–Crippen LogP) is 3.41. The number of carbonyl (C=O) groups is 1. The number of hydrogen-bond acceptors (Lipinski definition) is 6. The van der Waals surface area contributed by atoms with Crippen LogP contribution in [0.15, 0.2) is 51.8 Å². The molecule has 1 aromatic heterocycles. The third-order valence-corrected chi connectivity index (χ3v) is 4.95. The van der Waals surface area contributed by atoms with E-state index in [1.807, 2.05) is 0 Å². The number of fused-ring (bicyclic) bond motifs is 2. The first-order valence-corrected chi connectivity index (χ1v) is 9.45. The molecule has 0 atom stereocenters. The fourth-order valence-corrected chi connectivity index (χ4v) is 3.52. The number of rotatable bonds is 3. The SMILES string of the molecule is CS(=O)(=O)c1ccccc1NC(=O)c1cc2cc3c(cc2o1)OC(F)(F)O3. The summed E-state index contributed by atoms with van der Waals surface area (Å²) in [6.45, 7) is 0. The van der Waals surface area contributed by atoms with Gasteiger partial charge in [0.25, 0.3) is 5.91 Å². The minimum Gasteiger partial charge on any atom is -0.451 e. The number of amides is 1. The standard InChI is InChI=1S/C17H11F2NO6S/c1-27(22,23)15-5-3-2-4-10(15)20-16(21)14-7-9-6-12-13(8-11(9)24-14)26-17(18,19)25-12/h2-8H,1H3,(H,20,21).